The molecule has 5 atom stereocenters. The number of anilines is 4. The van der Waals surface area contributed by atoms with Crippen molar-refractivity contribution in [3.05, 3.63) is 71.0 Å². The summed E-state index contributed by atoms with van der Waals surface area (Å²) in [6.45, 7) is 13.1. The predicted molar refractivity (Wildman–Crippen MR) is 292 cm³/mol. The Hall–Kier alpha value is -6.30. The molecule has 4 heterocycles. The Morgan fingerprint density at radius 3 is 2.22 bits per heavy atom. The number of carbonyl (C=O) groups excluding carboxylic acids is 5. The highest BCUT2D eigenvalue weighted by Gasteiger charge is 2.45. The number of hydrogen-bond donors (Lipinski definition) is 5. The number of likely N-dealkylation sites (tertiary alicyclic amines) is 1. The largest absolute Gasteiger partial charge is 0.495 e. The summed E-state index contributed by atoms with van der Waals surface area (Å²) in [5, 5.41) is 22.5. The summed E-state index contributed by atoms with van der Waals surface area (Å²) >= 11 is 1.57. The zero-order chi connectivity index (χ0) is 55.2. The van der Waals surface area contributed by atoms with E-state index in [2.05, 4.69) is 36.1 Å². The van der Waals surface area contributed by atoms with Crippen LogP contribution in [0.4, 0.5) is 23.1 Å². The Kier molecular flexibility index (Phi) is 20.7. The number of hydrogen-bond acceptors (Lipinski definition) is 17. The highest BCUT2D eigenvalue weighted by molar-refractivity contribution is 7.13. The van der Waals surface area contributed by atoms with Crippen LogP contribution in [0.2, 0.25) is 0 Å². The molecule has 1 saturated carbocycles. The van der Waals surface area contributed by atoms with Crippen molar-refractivity contribution < 1.29 is 52.8 Å². The van der Waals surface area contributed by atoms with Crippen LogP contribution in [-0.4, -0.2) is 165 Å². The molecule has 3 aliphatic rings. The molecule has 418 valence electrons. The Balaban J connectivity index is 0.745. The molecule has 5 N–H and O–H groups in total. The van der Waals surface area contributed by atoms with Gasteiger partial charge in [-0.3, -0.25) is 24.0 Å². The van der Waals surface area contributed by atoms with Crippen molar-refractivity contribution in [3.63, 3.8) is 0 Å². The maximum Gasteiger partial charge on any atom is 0.251 e. The third kappa shape index (κ3) is 15.0. The normalized spacial score (nSPS) is 18.5. The van der Waals surface area contributed by atoms with Gasteiger partial charge in [-0.2, -0.15) is 4.98 Å². The number of benzene rings is 2. The van der Waals surface area contributed by atoms with Gasteiger partial charge in [0.05, 0.1) is 93.5 Å². The first-order valence-electron chi connectivity index (χ1n) is 26.5. The molecule has 0 bridgehead atoms. The molecule has 2 aliphatic heterocycles. The van der Waals surface area contributed by atoms with Gasteiger partial charge in [0.2, 0.25) is 29.6 Å². The SMILES string of the molecule is CC[C@H]1C(=O)N(C)c2cnc(Nc3ccc(C(=O)NCCOCCOCCOCCOCC(=O)N[C@H](C(=O)N4C[C@H](O)C[C@H]4C(=O)N[C@H](C)c4ccc(-c5scnc5C)cc4)C(C)(C)C)cc3OC)nc2N1C1CCCC1. The quantitative estimate of drug-likeness (QED) is 0.0499. The molecule has 0 unspecified atom stereocenters. The van der Waals surface area contributed by atoms with E-state index >= 15 is 0 Å². The van der Waals surface area contributed by atoms with Crippen molar-refractivity contribution in [1.82, 2.24) is 35.8 Å². The van der Waals surface area contributed by atoms with Gasteiger partial charge in [-0.15, -0.1) is 11.3 Å². The Morgan fingerprint density at radius 2 is 1.58 bits per heavy atom. The zero-order valence-corrected chi connectivity index (χ0v) is 46.4. The number of aromatic nitrogens is 3. The molecule has 7 rings (SSSR count). The van der Waals surface area contributed by atoms with Gasteiger partial charge in [0, 0.05) is 38.2 Å². The number of aryl methyl sites for hydroxylation is 1. The minimum atomic E-state index is -0.988. The van der Waals surface area contributed by atoms with E-state index in [4.69, 9.17) is 28.7 Å². The molecule has 21 nitrogen and oxygen atoms in total. The van der Waals surface area contributed by atoms with E-state index in [0.717, 1.165) is 53.2 Å². The molecule has 5 amide bonds. The number of amides is 5. The van der Waals surface area contributed by atoms with Gasteiger partial charge in [-0.25, -0.2) is 9.97 Å². The van der Waals surface area contributed by atoms with E-state index in [1.807, 2.05) is 71.3 Å². The maximum atomic E-state index is 14.0. The Morgan fingerprint density at radius 1 is 0.909 bits per heavy atom. The van der Waals surface area contributed by atoms with Crippen molar-refractivity contribution in [2.24, 2.45) is 5.41 Å². The van der Waals surface area contributed by atoms with Crippen LogP contribution in [0.3, 0.4) is 0 Å². The van der Waals surface area contributed by atoms with Crippen LogP contribution in [0.5, 0.6) is 5.75 Å². The van der Waals surface area contributed by atoms with E-state index in [0.29, 0.717) is 54.9 Å². The highest BCUT2D eigenvalue weighted by atomic mass is 32.1. The second-order valence-corrected chi connectivity index (χ2v) is 21.5. The standard InChI is InChI=1S/C55H76N10O11S/c1-9-42-52(70)63(7)44-30-57-54(62-49(44)65(42)39-12-10-11-13-39)60-41-19-18-38(28-45(41)72-8)50(68)56-20-21-73-22-23-74-24-25-75-26-27-76-32-46(67)61-48(55(4,5)6)53(71)64-31-40(66)29-43(64)51(69)59-34(2)36-14-16-37(17-15-36)47-35(3)58-33-77-47/h14-19,28,30,33-34,39-40,42-43,48,66H,9-13,20-27,29,31-32H2,1-8H3,(H,56,68)(H,59,69)(H,61,67)(H,57,60,62)/t34-,40-,42+,43+,48-/m1/s1. The third-order valence-electron chi connectivity index (χ3n) is 14.1. The van der Waals surface area contributed by atoms with Crippen LogP contribution in [0.25, 0.3) is 10.4 Å². The molecule has 22 heteroatoms. The second kappa shape index (κ2) is 27.3. The van der Waals surface area contributed by atoms with Gasteiger partial charge in [0.1, 0.15) is 36.2 Å². The molecule has 2 aromatic carbocycles. The Labute approximate surface area is 455 Å². The first-order chi connectivity index (χ1) is 37.0. The van der Waals surface area contributed by atoms with Gasteiger partial charge >= 0.3 is 0 Å². The fraction of sp³-hybridized carbons (Fsp3) is 0.564. The van der Waals surface area contributed by atoms with Gasteiger partial charge in [0.25, 0.3) is 5.91 Å². The van der Waals surface area contributed by atoms with Crippen LogP contribution in [0.1, 0.15) is 101 Å². The molecule has 77 heavy (non-hydrogen) atoms. The molecular formula is C55H76N10O11S. The predicted octanol–water partition coefficient (Wildman–Crippen LogP) is 5.33. The number of ether oxygens (including phenoxy) is 5. The first kappa shape index (κ1) is 58.4. The number of nitrogens with one attached hydrogen (secondary N) is 4. The molecule has 2 fully saturated rings. The number of rotatable bonds is 26. The van der Waals surface area contributed by atoms with Gasteiger partial charge in [0.15, 0.2) is 5.82 Å². The third-order valence-corrected chi connectivity index (χ3v) is 15.0. The zero-order valence-electron chi connectivity index (χ0n) is 45.6. The minimum absolute atomic E-state index is 0.0340. The fourth-order valence-electron chi connectivity index (χ4n) is 9.88. The molecule has 1 saturated heterocycles. The monoisotopic (exact) mass is 1080 g/mol. The molecular weight excluding hydrogens is 1010 g/mol. The van der Waals surface area contributed by atoms with E-state index in [1.54, 1.807) is 47.7 Å². The molecule has 0 spiro atoms. The summed E-state index contributed by atoms with van der Waals surface area (Å²) in [6.07, 6.45) is 5.82. The lowest BCUT2D eigenvalue weighted by molar-refractivity contribution is -0.144. The van der Waals surface area contributed by atoms with Crippen molar-refractivity contribution in [3.8, 4) is 16.2 Å². The van der Waals surface area contributed by atoms with Crippen LogP contribution in [0.15, 0.2) is 54.2 Å². The second-order valence-electron chi connectivity index (χ2n) is 20.6. The molecule has 4 aromatic rings. The lowest BCUT2D eigenvalue weighted by Crippen LogP contribution is -2.58. The number of aliphatic hydroxyl groups is 1. The average Bonchev–Trinajstić information content (AvgIpc) is 4.21. The number of likely N-dealkylation sites (N-methyl/N-ethyl adjacent to an activating group) is 1. The van der Waals surface area contributed by atoms with Crippen LogP contribution >= 0.6 is 11.3 Å². The van der Waals surface area contributed by atoms with Crippen LogP contribution in [0, 0.1) is 12.3 Å². The maximum absolute atomic E-state index is 14.0. The van der Waals surface area contributed by atoms with Gasteiger partial charge in [-0.05, 0) is 67.9 Å². The minimum Gasteiger partial charge on any atom is -0.495 e. The topological polar surface area (TPSA) is 248 Å². The fourth-order valence-corrected chi connectivity index (χ4v) is 10.7. The summed E-state index contributed by atoms with van der Waals surface area (Å²) in [6, 6.07) is 10.7. The van der Waals surface area contributed by atoms with E-state index < -0.39 is 35.4 Å². The first-order valence-corrected chi connectivity index (χ1v) is 27.4. The summed E-state index contributed by atoms with van der Waals surface area (Å²) < 4.78 is 28.0. The van der Waals surface area contributed by atoms with E-state index in [-0.39, 0.29) is 88.4 Å². The van der Waals surface area contributed by atoms with Crippen molar-refractivity contribution in [2.75, 3.05) is 95.2 Å². The van der Waals surface area contributed by atoms with Crippen molar-refractivity contribution in [1.29, 1.82) is 0 Å². The lowest BCUT2D eigenvalue weighted by atomic mass is 9.85. The summed E-state index contributed by atoms with van der Waals surface area (Å²) in [5.41, 5.74) is 5.64. The average molecular weight is 1090 g/mol. The number of carbonyl (C=O) groups is 5. The lowest BCUT2D eigenvalue weighted by Gasteiger charge is -2.43. The smallest absolute Gasteiger partial charge is 0.251 e. The van der Waals surface area contributed by atoms with Crippen LogP contribution in [-0.2, 0) is 38.1 Å². The van der Waals surface area contributed by atoms with Crippen molar-refractivity contribution >= 4 is 64.0 Å². The number of β-amino-alcohol motifs (C(OH)–C–C–N with tert-alkyl or cyclic N) is 1. The van der Waals surface area contributed by atoms with Crippen LogP contribution < -0.4 is 35.8 Å². The molecule has 1 aliphatic carbocycles. The number of thiazole rings is 1. The number of aliphatic hydroxyl groups excluding tert-OH is 1. The Bertz CT molecular complexity index is 2640. The summed E-state index contributed by atoms with van der Waals surface area (Å²) in [7, 11) is 3.29. The molecule has 2 aromatic heterocycles. The number of fused-ring (bicyclic) bond motifs is 1. The number of methoxy groups -OCH3 is 1. The van der Waals surface area contributed by atoms with E-state index in [9.17, 15) is 29.1 Å². The highest BCUT2D eigenvalue weighted by Crippen LogP contribution is 2.41. The van der Waals surface area contributed by atoms with Crippen molar-refractivity contribution in [2.45, 2.75) is 116 Å². The molecule has 0 radical (unpaired) electrons. The van der Waals surface area contributed by atoms with Gasteiger partial charge < -0.3 is 64.8 Å². The summed E-state index contributed by atoms with van der Waals surface area (Å²) in [5.74, 6) is -0.0657. The number of nitrogens with zero attached hydrogens (tertiary/aromatic N) is 6. The summed E-state index contributed by atoms with van der Waals surface area (Å²) in [4.78, 5) is 87.1. The van der Waals surface area contributed by atoms with E-state index in [1.165, 1.54) is 12.0 Å². The van der Waals surface area contributed by atoms with Gasteiger partial charge in [-0.1, -0.05) is 64.8 Å².